The fourth-order valence-electron chi connectivity index (χ4n) is 1.51. The van der Waals surface area contributed by atoms with Crippen LogP contribution in [0.1, 0.15) is 19.8 Å². The summed E-state index contributed by atoms with van der Waals surface area (Å²) in [5.41, 5.74) is 5.48. The van der Waals surface area contributed by atoms with Crippen LogP contribution in [0.5, 0.6) is 0 Å². The third-order valence-corrected chi connectivity index (χ3v) is 4.26. The number of halogens is 2. The van der Waals surface area contributed by atoms with E-state index in [1.54, 1.807) is 0 Å². The van der Waals surface area contributed by atoms with Gasteiger partial charge in [-0.2, -0.15) is 0 Å². The van der Waals surface area contributed by atoms with Gasteiger partial charge >= 0.3 is 0 Å². The van der Waals surface area contributed by atoms with E-state index in [0.717, 1.165) is 18.6 Å². The number of nitrogens with one attached hydrogen (secondary N) is 2. The fourth-order valence-corrected chi connectivity index (χ4v) is 2.96. The van der Waals surface area contributed by atoms with Crippen molar-refractivity contribution >= 4 is 33.2 Å². The molecule has 9 heteroatoms. The summed E-state index contributed by atoms with van der Waals surface area (Å²) in [5, 5.41) is 2.22. The van der Waals surface area contributed by atoms with E-state index in [1.807, 2.05) is 6.92 Å². The Morgan fingerprint density at radius 1 is 1.38 bits per heavy atom. The van der Waals surface area contributed by atoms with Gasteiger partial charge < -0.3 is 11.1 Å². The topological polar surface area (TPSA) is 101 Å². The van der Waals surface area contributed by atoms with E-state index < -0.39 is 20.7 Å². The number of carbonyl (C=O) groups is 1. The van der Waals surface area contributed by atoms with Crippen molar-refractivity contribution in [2.24, 2.45) is 0 Å². The zero-order valence-electron chi connectivity index (χ0n) is 11.4. The minimum atomic E-state index is -4.12. The molecule has 0 aliphatic rings. The number of carbonyl (C=O) groups excluding carboxylic acids is 1. The number of anilines is 1. The molecule has 0 heterocycles. The van der Waals surface area contributed by atoms with E-state index >= 15 is 0 Å². The average molecular weight is 338 g/mol. The van der Waals surface area contributed by atoms with Crippen LogP contribution in [-0.4, -0.2) is 27.4 Å². The Bertz CT molecular complexity index is 622. The number of hydrogen-bond donors (Lipinski definition) is 3. The highest BCUT2D eigenvalue weighted by atomic mass is 35.5. The number of nitrogen functional groups attached to an aromatic ring is 1. The molecule has 6 nitrogen and oxygen atoms in total. The zero-order chi connectivity index (χ0) is 16.0. The molecule has 1 amide bonds. The van der Waals surface area contributed by atoms with Gasteiger partial charge in [0.05, 0.1) is 5.02 Å². The Morgan fingerprint density at radius 3 is 2.67 bits per heavy atom. The number of sulfonamides is 1. The fraction of sp³-hybridized carbons (Fsp3) is 0.417. The summed E-state index contributed by atoms with van der Waals surface area (Å²) in [5.74, 6) is -1.36. The SMILES string of the molecule is CCCNC(=O)CCNS(=O)(=O)c1cc(N)cc(Cl)c1F. The van der Waals surface area contributed by atoms with Gasteiger partial charge in [0.1, 0.15) is 4.90 Å². The number of rotatable bonds is 7. The molecule has 0 spiro atoms. The van der Waals surface area contributed by atoms with Gasteiger partial charge in [-0.05, 0) is 18.6 Å². The van der Waals surface area contributed by atoms with Crippen LogP contribution in [0.4, 0.5) is 10.1 Å². The summed E-state index contributed by atoms with van der Waals surface area (Å²) in [7, 11) is -4.12. The number of benzene rings is 1. The van der Waals surface area contributed by atoms with Gasteiger partial charge in [-0.25, -0.2) is 17.5 Å². The molecule has 0 saturated heterocycles. The van der Waals surface area contributed by atoms with Crippen LogP contribution in [0.2, 0.25) is 5.02 Å². The van der Waals surface area contributed by atoms with Gasteiger partial charge in [0.25, 0.3) is 0 Å². The lowest BCUT2D eigenvalue weighted by molar-refractivity contribution is -0.120. The minimum absolute atomic E-state index is 0.0301. The maximum atomic E-state index is 13.7. The molecule has 0 fully saturated rings. The average Bonchev–Trinajstić information content (AvgIpc) is 2.40. The number of hydrogen-bond acceptors (Lipinski definition) is 4. The van der Waals surface area contributed by atoms with E-state index in [-0.39, 0.29) is 29.6 Å². The molecule has 0 atom stereocenters. The van der Waals surface area contributed by atoms with E-state index in [4.69, 9.17) is 17.3 Å². The molecule has 4 N–H and O–H groups in total. The monoisotopic (exact) mass is 337 g/mol. The molecule has 1 aromatic carbocycles. The highest BCUT2D eigenvalue weighted by Crippen LogP contribution is 2.25. The predicted octanol–water partition coefficient (Wildman–Crippen LogP) is 1.26. The molecule has 0 bridgehead atoms. The molecule has 1 aromatic rings. The third-order valence-electron chi connectivity index (χ3n) is 2.52. The maximum Gasteiger partial charge on any atom is 0.243 e. The predicted molar refractivity (Wildman–Crippen MR) is 78.9 cm³/mol. The second-order valence-corrected chi connectivity index (χ2v) is 6.46. The highest BCUT2D eigenvalue weighted by molar-refractivity contribution is 7.89. The molecular formula is C12H17ClFN3O3S. The Balaban J connectivity index is 2.73. The van der Waals surface area contributed by atoms with Crippen LogP contribution in [0.3, 0.4) is 0 Å². The normalized spacial score (nSPS) is 11.4. The molecule has 1 rings (SSSR count). The molecule has 0 aliphatic heterocycles. The van der Waals surface area contributed by atoms with Crippen LogP contribution in [0.15, 0.2) is 17.0 Å². The quantitative estimate of drug-likeness (QED) is 0.652. The lowest BCUT2D eigenvalue weighted by Crippen LogP contribution is -2.31. The number of amides is 1. The van der Waals surface area contributed by atoms with E-state index in [0.29, 0.717) is 6.54 Å². The van der Waals surface area contributed by atoms with Gasteiger partial charge in [0, 0.05) is 25.2 Å². The zero-order valence-corrected chi connectivity index (χ0v) is 13.0. The first kappa shape index (κ1) is 17.7. The first-order chi connectivity index (χ1) is 9.77. The second kappa shape index (κ2) is 7.58. The van der Waals surface area contributed by atoms with Crippen molar-refractivity contribution in [3.8, 4) is 0 Å². The Labute approximate surface area is 127 Å². The van der Waals surface area contributed by atoms with Crippen LogP contribution in [0.25, 0.3) is 0 Å². The minimum Gasteiger partial charge on any atom is -0.399 e. The first-order valence-electron chi connectivity index (χ1n) is 6.28. The molecule has 0 aliphatic carbocycles. The van der Waals surface area contributed by atoms with Crippen LogP contribution >= 0.6 is 11.6 Å². The lowest BCUT2D eigenvalue weighted by Gasteiger charge is -2.09. The summed E-state index contributed by atoms with van der Waals surface area (Å²) in [6, 6.07) is 2.09. The summed E-state index contributed by atoms with van der Waals surface area (Å²) in [6.45, 7) is 2.27. The van der Waals surface area contributed by atoms with Crippen molar-refractivity contribution in [3.05, 3.63) is 23.0 Å². The van der Waals surface area contributed by atoms with Crippen molar-refractivity contribution in [1.29, 1.82) is 0 Å². The Hall–Kier alpha value is -1.38. The van der Waals surface area contributed by atoms with E-state index in [1.165, 1.54) is 0 Å². The van der Waals surface area contributed by atoms with Gasteiger partial charge in [0.2, 0.25) is 15.9 Å². The molecule has 0 aromatic heterocycles. The van der Waals surface area contributed by atoms with E-state index in [9.17, 15) is 17.6 Å². The number of nitrogens with two attached hydrogens (primary N) is 1. The van der Waals surface area contributed by atoms with Crippen LogP contribution in [-0.2, 0) is 14.8 Å². The standard InChI is InChI=1S/C12H17ClFN3O3S/c1-2-4-16-11(18)3-5-17-21(19,20)10-7-8(15)6-9(13)12(10)14/h6-7,17H,2-5,15H2,1H3,(H,16,18). The van der Waals surface area contributed by atoms with Gasteiger partial charge in [-0.3, -0.25) is 4.79 Å². The molecule has 21 heavy (non-hydrogen) atoms. The van der Waals surface area contributed by atoms with Gasteiger partial charge in [-0.15, -0.1) is 0 Å². The van der Waals surface area contributed by atoms with Crippen molar-refractivity contribution in [3.63, 3.8) is 0 Å². The van der Waals surface area contributed by atoms with Crippen molar-refractivity contribution in [2.75, 3.05) is 18.8 Å². The van der Waals surface area contributed by atoms with E-state index in [2.05, 4.69) is 10.0 Å². The van der Waals surface area contributed by atoms with Crippen molar-refractivity contribution < 1.29 is 17.6 Å². The van der Waals surface area contributed by atoms with Crippen LogP contribution < -0.4 is 15.8 Å². The largest absolute Gasteiger partial charge is 0.399 e. The molecular weight excluding hydrogens is 321 g/mol. The molecule has 0 unspecified atom stereocenters. The van der Waals surface area contributed by atoms with Crippen molar-refractivity contribution in [1.82, 2.24) is 10.0 Å². The molecule has 0 saturated carbocycles. The smallest absolute Gasteiger partial charge is 0.243 e. The molecule has 118 valence electrons. The lowest BCUT2D eigenvalue weighted by atomic mass is 10.3. The molecule has 0 radical (unpaired) electrons. The first-order valence-corrected chi connectivity index (χ1v) is 8.15. The summed E-state index contributed by atoms with van der Waals surface area (Å²) < 4.78 is 39.8. The second-order valence-electron chi connectivity index (χ2n) is 4.31. The Morgan fingerprint density at radius 2 is 2.05 bits per heavy atom. The summed E-state index contributed by atoms with van der Waals surface area (Å²) >= 11 is 5.56. The van der Waals surface area contributed by atoms with Gasteiger partial charge in [0.15, 0.2) is 5.82 Å². The third kappa shape index (κ3) is 5.14. The highest BCUT2D eigenvalue weighted by Gasteiger charge is 2.21. The van der Waals surface area contributed by atoms with Crippen LogP contribution in [0, 0.1) is 5.82 Å². The van der Waals surface area contributed by atoms with Crippen molar-refractivity contribution in [2.45, 2.75) is 24.7 Å². The summed E-state index contributed by atoms with van der Waals surface area (Å²) in [4.78, 5) is 10.7. The summed E-state index contributed by atoms with van der Waals surface area (Å²) in [6.07, 6.45) is 0.737. The maximum absolute atomic E-state index is 13.7. The van der Waals surface area contributed by atoms with Gasteiger partial charge in [-0.1, -0.05) is 18.5 Å². The Kier molecular flexibility index (Phi) is 6.38.